The highest BCUT2D eigenvalue weighted by Gasteiger charge is 2.24. The molecule has 0 aliphatic rings. The lowest BCUT2D eigenvalue weighted by molar-refractivity contribution is 0.271. The van der Waals surface area contributed by atoms with Crippen LogP contribution in [-0.4, -0.2) is 20.3 Å². The predicted octanol–water partition coefficient (Wildman–Crippen LogP) is 4.08. The Kier molecular flexibility index (Phi) is 6.05. The summed E-state index contributed by atoms with van der Waals surface area (Å²) in [5.41, 5.74) is 8.47. The molecule has 2 rings (SSSR count). The van der Waals surface area contributed by atoms with Gasteiger partial charge in [0.05, 0.1) is 13.7 Å². The van der Waals surface area contributed by atoms with E-state index in [0.717, 1.165) is 29.9 Å². The van der Waals surface area contributed by atoms with E-state index in [-0.39, 0.29) is 5.41 Å². The Hall–Kier alpha value is -2.00. The minimum absolute atomic E-state index is 0.0119. The number of aryl methyl sites for hydroxylation is 1. The van der Waals surface area contributed by atoms with Gasteiger partial charge in [-0.25, -0.2) is 0 Å². The second-order valence-corrected chi connectivity index (χ2v) is 6.24. The number of hydrogen-bond donors (Lipinski definition) is 1. The van der Waals surface area contributed by atoms with E-state index >= 15 is 0 Å². The summed E-state index contributed by atoms with van der Waals surface area (Å²) in [7, 11) is 1.67. The third kappa shape index (κ3) is 4.49. The molecule has 0 heterocycles. The molecule has 0 aromatic heterocycles. The van der Waals surface area contributed by atoms with E-state index in [0.29, 0.717) is 13.2 Å². The Morgan fingerprint density at radius 2 is 1.78 bits per heavy atom. The zero-order chi connectivity index (χ0) is 16.7. The van der Waals surface area contributed by atoms with Gasteiger partial charge in [0.25, 0.3) is 0 Å². The first-order chi connectivity index (χ1) is 11.1. The van der Waals surface area contributed by atoms with Crippen molar-refractivity contribution >= 4 is 0 Å². The molecule has 1 atom stereocenters. The second kappa shape index (κ2) is 8.02. The molecule has 0 fully saturated rings. The Morgan fingerprint density at radius 1 is 1.04 bits per heavy atom. The summed E-state index contributed by atoms with van der Waals surface area (Å²) in [6.45, 7) is 5.54. The maximum absolute atomic E-state index is 6.03. The van der Waals surface area contributed by atoms with Crippen molar-refractivity contribution in [2.45, 2.75) is 32.1 Å². The quantitative estimate of drug-likeness (QED) is 0.747. The molecule has 0 spiro atoms. The van der Waals surface area contributed by atoms with Crippen molar-refractivity contribution in [1.82, 2.24) is 0 Å². The van der Waals surface area contributed by atoms with Gasteiger partial charge in [-0.1, -0.05) is 43.3 Å². The average Bonchev–Trinajstić information content (AvgIpc) is 2.60. The van der Waals surface area contributed by atoms with Crippen LogP contribution in [0.2, 0.25) is 0 Å². The number of methoxy groups -OCH3 is 1. The number of ether oxygens (including phenoxy) is 2. The number of benzene rings is 2. The topological polar surface area (TPSA) is 44.5 Å². The average molecular weight is 313 g/mol. The molecule has 2 N–H and O–H groups in total. The molecule has 23 heavy (non-hydrogen) atoms. The lowest BCUT2D eigenvalue weighted by Crippen LogP contribution is -2.32. The first kappa shape index (κ1) is 17.4. The molecule has 0 bridgehead atoms. The smallest absolute Gasteiger partial charge is 0.161 e. The first-order valence-corrected chi connectivity index (χ1v) is 8.12. The lowest BCUT2D eigenvalue weighted by Gasteiger charge is -2.28. The molecule has 0 aliphatic heterocycles. The van der Waals surface area contributed by atoms with Crippen LogP contribution in [-0.2, 0) is 5.41 Å². The maximum Gasteiger partial charge on any atom is 0.161 e. The normalized spacial score (nSPS) is 13.4. The van der Waals surface area contributed by atoms with Gasteiger partial charge in [0, 0.05) is 12.0 Å². The fourth-order valence-corrected chi connectivity index (χ4v) is 2.74. The third-order valence-electron chi connectivity index (χ3n) is 4.37. The summed E-state index contributed by atoms with van der Waals surface area (Å²) < 4.78 is 11.3. The highest BCUT2D eigenvalue weighted by Crippen LogP contribution is 2.30. The fraction of sp³-hybridized carbons (Fsp3) is 0.400. The van der Waals surface area contributed by atoms with E-state index in [2.05, 4.69) is 31.2 Å². The Bertz CT molecular complexity index is 612. The molecule has 0 radical (unpaired) electrons. The summed E-state index contributed by atoms with van der Waals surface area (Å²) >= 11 is 0. The predicted molar refractivity (Wildman–Crippen MR) is 95.3 cm³/mol. The van der Waals surface area contributed by atoms with Crippen molar-refractivity contribution in [1.29, 1.82) is 0 Å². The molecule has 124 valence electrons. The molecule has 2 aromatic rings. The van der Waals surface area contributed by atoms with Gasteiger partial charge < -0.3 is 15.2 Å². The zero-order valence-corrected chi connectivity index (χ0v) is 14.3. The van der Waals surface area contributed by atoms with Crippen LogP contribution in [0.5, 0.6) is 11.5 Å². The van der Waals surface area contributed by atoms with Crippen LogP contribution in [0.4, 0.5) is 0 Å². The maximum atomic E-state index is 6.03. The van der Waals surface area contributed by atoms with Gasteiger partial charge in [0.1, 0.15) is 0 Å². The van der Waals surface area contributed by atoms with E-state index in [1.807, 2.05) is 31.2 Å². The van der Waals surface area contributed by atoms with Gasteiger partial charge >= 0.3 is 0 Å². The van der Waals surface area contributed by atoms with Crippen molar-refractivity contribution in [3.05, 3.63) is 59.7 Å². The Balaban J connectivity index is 1.92. The minimum atomic E-state index is -0.0119. The largest absolute Gasteiger partial charge is 0.493 e. The van der Waals surface area contributed by atoms with Gasteiger partial charge in [-0.15, -0.1) is 0 Å². The van der Waals surface area contributed by atoms with E-state index in [1.165, 1.54) is 5.56 Å². The summed E-state index contributed by atoms with van der Waals surface area (Å²) in [5, 5.41) is 0. The molecule has 3 heteroatoms. The molecule has 0 saturated heterocycles. The lowest BCUT2D eigenvalue weighted by atomic mass is 9.79. The number of rotatable bonds is 8. The van der Waals surface area contributed by atoms with Crippen molar-refractivity contribution in [3.8, 4) is 11.5 Å². The summed E-state index contributed by atoms with van der Waals surface area (Å²) in [6.07, 6.45) is 1.93. The van der Waals surface area contributed by atoms with Crippen LogP contribution in [0.25, 0.3) is 0 Å². The van der Waals surface area contributed by atoms with E-state index in [1.54, 1.807) is 7.11 Å². The van der Waals surface area contributed by atoms with Crippen LogP contribution in [0, 0.1) is 6.92 Å². The van der Waals surface area contributed by atoms with Crippen LogP contribution < -0.4 is 15.2 Å². The monoisotopic (exact) mass is 313 g/mol. The molecule has 0 amide bonds. The van der Waals surface area contributed by atoms with E-state index in [9.17, 15) is 0 Å². The molecule has 2 aromatic carbocycles. The van der Waals surface area contributed by atoms with E-state index in [4.69, 9.17) is 15.2 Å². The SMILES string of the molecule is COc1cc(C)ccc1OCCCC(C)(CN)c1ccccc1. The summed E-state index contributed by atoms with van der Waals surface area (Å²) in [5.74, 6) is 1.59. The second-order valence-electron chi connectivity index (χ2n) is 6.24. The molecule has 3 nitrogen and oxygen atoms in total. The van der Waals surface area contributed by atoms with Crippen LogP contribution in [0.15, 0.2) is 48.5 Å². The van der Waals surface area contributed by atoms with Gasteiger partial charge in [-0.2, -0.15) is 0 Å². The van der Waals surface area contributed by atoms with Gasteiger partial charge in [-0.3, -0.25) is 0 Å². The first-order valence-electron chi connectivity index (χ1n) is 8.12. The zero-order valence-electron chi connectivity index (χ0n) is 14.3. The standard InChI is InChI=1S/C20H27NO2/c1-16-10-11-18(19(14-16)22-3)23-13-7-12-20(2,15-21)17-8-5-4-6-9-17/h4-6,8-11,14H,7,12-13,15,21H2,1-3H3. The van der Waals surface area contributed by atoms with Gasteiger partial charge in [0.2, 0.25) is 0 Å². The molecule has 1 unspecified atom stereocenters. The van der Waals surface area contributed by atoms with Crippen LogP contribution >= 0.6 is 0 Å². The fourth-order valence-electron chi connectivity index (χ4n) is 2.74. The molecule has 0 aliphatic carbocycles. The van der Waals surface area contributed by atoms with Crippen molar-refractivity contribution in [2.24, 2.45) is 5.73 Å². The van der Waals surface area contributed by atoms with Crippen LogP contribution in [0.1, 0.15) is 30.9 Å². The highest BCUT2D eigenvalue weighted by molar-refractivity contribution is 5.42. The number of nitrogens with two attached hydrogens (primary N) is 1. The van der Waals surface area contributed by atoms with Gasteiger partial charge in [0.15, 0.2) is 11.5 Å². The van der Waals surface area contributed by atoms with Crippen molar-refractivity contribution in [3.63, 3.8) is 0 Å². The molecular formula is C20H27NO2. The summed E-state index contributed by atoms with van der Waals surface area (Å²) in [4.78, 5) is 0. The van der Waals surface area contributed by atoms with Gasteiger partial charge in [-0.05, 0) is 43.0 Å². The Morgan fingerprint density at radius 3 is 2.43 bits per heavy atom. The van der Waals surface area contributed by atoms with E-state index < -0.39 is 0 Å². The highest BCUT2D eigenvalue weighted by atomic mass is 16.5. The minimum Gasteiger partial charge on any atom is -0.493 e. The molecular weight excluding hydrogens is 286 g/mol. The van der Waals surface area contributed by atoms with Crippen molar-refractivity contribution in [2.75, 3.05) is 20.3 Å². The Labute approximate surface area is 139 Å². The molecule has 0 saturated carbocycles. The van der Waals surface area contributed by atoms with Crippen LogP contribution in [0.3, 0.4) is 0 Å². The van der Waals surface area contributed by atoms with Crippen molar-refractivity contribution < 1.29 is 9.47 Å². The third-order valence-corrected chi connectivity index (χ3v) is 4.37. The summed E-state index contributed by atoms with van der Waals surface area (Å²) in [6, 6.07) is 16.5. The number of hydrogen-bond acceptors (Lipinski definition) is 3.